The highest BCUT2D eigenvalue weighted by Crippen LogP contribution is 2.46. The first-order valence-electron chi connectivity index (χ1n) is 6.91. The van der Waals surface area contributed by atoms with Gasteiger partial charge in [0.05, 0.1) is 0 Å². The van der Waals surface area contributed by atoms with Crippen LogP contribution in [0.1, 0.15) is 36.8 Å². The summed E-state index contributed by atoms with van der Waals surface area (Å²) in [5.41, 5.74) is 2.98. The molecule has 1 heterocycles. The number of aryl methyl sites for hydroxylation is 2. The summed E-state index contributed by atoms with van der Waals surface area (Å²) in [6.45, 7) is 2.85. The van der Waals surface area contributed by atoms with E-state index in [1.54, 1.807) is 10.8 Å². The molecule has 100 valence electrons. The van der Waals surface area contributed by atoms with Crippen molar-refractivity contribution < 1.29 is 4.42 Å². The molecule has 0 radical (unpaired) electrons. The van der Waals surface area contributed by atoms with E-state index in [-0.39, 0.29) is 11.2 Å². The Labute approximate surface area is 112 Å². The molecule has 0 spiro atoms. The van der Waals surface area contributed by atoms with Crippen molar-refractivity contribution in [3.63, 3.8) is 0 Å². The summed E-state index contributed by atoms with van der Waals surface area (Å²) in [7, 11) is 0. The summed E-state index contributed by atoms with van der Waals surface area (Å²) in [5.74, 6) is -0.252. The lowest BCUT2D eigenvalue weighted by Gasteiger charge is -2.42. The molecule has 1 fully saturated rings. The lowest BCUT2D eigenvalue weighted by Crippen LogP contribution is -2.36. The minimum atomic E-state index is -0.252. The Hall–Kier alpha value is -1.77. The number of hydrogen-bond donors (Lipinski definition) is 0. The molecule has 0 saturated heterocycles. The molecule has 0 atom stereocenters. The van der Waals surface area contributed by atoms with Crippen LogP contribution >= 0.6 is 0 Å². The van der Waals surface area contributed by atoms with Crippen molar-refractivity contribution in [3.05, 3.63) is 58.4 Å². The standard InChI is InChI=1S/C16H19NO2/c1-13-3-5-14(6-4-13)16(7-2-8-16)9-10-17-11-12-19-15(17)18/h3-6,11-12H,2,7-10H2,1H3. The second-order valence-electron chi connectivity index (χ2n) is 5.61. The van der Waals surface area contributed by atoms with E-state index in [2.05, 4.69) is 31.2 Å². The fourth-order valence-electron chi connectivity index (χ4n) is 2.98. The molecule has 3 heteroatoms. The van der Waals surface area contributed by atoms with Crippen LogP contribution in [0.4, 0.5) is 0 Å². The predicted octanol–water partition coefficient (Wildman–Crippen LogP) is 3.26. The molecule has 1 aliphatic rings. The van der Waals surface area contributed by atoms with Crippen LogP contribution in [0, 0.1) is 6.92 Å². The molecule has 0 amide bonds. The third-order valence-corrected chi connectivity index (χ3v) is 4.45. The van der Waals surface area contributed by atoms with Crippen LogP contribution in [0.15, 0.2) is 45.9 Å². The highest BCUT2D eigenvalue weighted by Gasteiger charge is 2.38. The van der Waals surface area contributed by atoms with Crippen LogP contribution in [-0.2, 0) is 12.0 Å². The minimum absolute atomic E-state index is 0.252. The summed E-state index contributed by atoms with van der Waals surface area (Å²) in [5, 5.41) is 0. The third-order valence-electron chi connectivity index (χ3n) is 4.45. The van der Waals surface area contributed by atoms with Gasteiger partial charge < -0.3 is 4.42 Å². The molecule has 19 heavy (non-hydrogen) atoms. The molecule has 0 unspecified atom stereocenters. The van der Waals surface area contributed by atoms with E-state index in [0.29, 0.717) is 0 Å². The molecule has 2 aromatic rings. The normalized spacial score (nSPS) is 17.1. The molecular weight excluding hydrogens is 238 g/mol. The van der Waals surface area contributed by atoms with Gasteiger partial charge in [-0.3, -0.25) is 4.57 Å². The first-order chi connectivity index (χ1) is 9.20. The zero-order valence-corrected chi connectivity index (χ0v) is 11.3. The van der Waals surface area contributed by atoms with Gasteiger partial charge in [-0.2, -0.15) is 0 Å². The van der Waals surface area contributed by atoms with Crippen LogP contribution in [0.2, 0.25) is 0 Å². The van der Waals surface area contributed by atoms with Gasteiger partial charge >= 0.3 is 5.76 Å². The molecule has 1 saturated carbocycles. The maximum atomic E-state index is 11.4. The maximum absolute atomic E-state index is 11.4. The van der Waals surface area contributed by atoms with Crippen molar-refractivity contribution in [1.29, 1.82) is 0 Å². The van der Waals surface area contributed by atoms with Gasteiger partial charge in [0.1, 0.15) is 6.26 Å². The van der Waals surface area contributed by atoms with Crippen molar-refractivity contribution in [2.75, 3.05) is 0 Å². The van der Waals surface area contributed by atoms with E-state index in [4.69, 9.17) is 4.42 Å². The Balaban J connectivity index is 1.78. The lowest BCUT2D eigenvalue weighted by molar-refractivity contribution is 0.213. The Morgan fingerprint density at radius 3 is 2.53 bits per heavy atom. The molecule has 1 aromatic heterocycles. The van der Waals surface area contributed by atoms with Gasteiger partial charge in [-0.25, -0.2) is 4.79 Å². The van der Waals surface area contributed by atoms with Crippen LogP contribution in [0.3, 0.4) is 0 Å². The highest BCUT2D eigenvalue weighted by atomic mass is 16.4. The van der Waals surface area contributed by atoms with E-state index >= 15 is 0 Å². The number of aromatic nitrogens is 1. The van der Waals surface area contributed by atoms with Crippen molar-refractivity contribution in [2.45, 2.75) is 44.6 Å². The topological polar surface area (TPSA) is 35.1 Å². The maximum Gasteiger partial charge on any atom is 0.418 e. The van der Waals surface area contributed by atoms with Crippen molar-refractivity contribution >= 4 is 0 Å². The van der Waals surface area contributed by atoms with E-state index in [0.717, 1.165) is 13.0 Å². The Bertz CT molecular complexity index is 602. The molecular formula is C16H19NO2. The Morgan fingerprint density at radius 1 is 1.26 bits per heavy atom. The van der Waals surface area contributed by atoms with Gasteiger partial charge in [0.15, 0.2) is 0 Å². The number of hydrogen-bond acceptors (Lipinski definition) is 2. The largest absolute Gasteiger partial charge is 0.418 e. The van der Waals surface area contributed by atoms with Crippen LogP contribution in [0.5, 0.6) is 0 Å². The van der Waals surface area contributed by atoms with E-state index in [1.807, 2.05) is 0 Å². The summed E-state index contributed by atoms with van der Waals surface area (Å²) in [6, 6.07) is 8.85. The Morgan fingerprint density at radius 2 is 2.00 bits per heavy atom. The van der Waals surface area contributed by atoms with Crippen LogP contribution in [0.25, 0.3) is 0 Å². The smallest absolute Gasteiger partial charge is 0.416 e. The molecule has 1 aliphatic carbocycles. The average Bonchev–Trinajstić information content (AvgIpc) is 2.76. The zero-order chi connectivity index (χ0) is 13.3. The highest BCUT2D eigenvalue weighted by molar-refractivity contribution is 5.30. The SMILES string of the molecule is Cc1ccc(C2(CCn3ccoc3=O)CCC2)cc1. The fourth-order valence-corrected chi connectivity index (χ4v) is 2.98. The lowest BCUT2D eigenvalue weighted by atomic mass is 9.62. The van der Waals surface area contributed by atoms with E-state index in [9.17, 15) is 4.79 Å². The van der Waals surface area contributed by atoms with Crippen molar-refractivity contribution in [2.24, 2.45) is 0 Å². The number of oxazole rings is 1. The number of rotatable bonds is 4. The van der Waals surface area contributed by atoms with E-state index in [1.165, 1.54) is 36.7 Å². The van der Waals surface area contributed by atoms with Gasteiger partial charge in [-0.1, -0.05) is 36.2 Å². The van der Waals surface area contributed by atoms with E-state index < -0.39 is 0 Å². The molecule has 1 aromatic carbocycles. The Kier molecular flexibility index (Phi) is 3.05. The van der Waals surface area contributed by atoms with Gasteiger partial charge in [0.2, 0.25) is 0 Å². The molecule has 0 aliphatic heterocycles. The average molecular weight is 257 g/mol. The monoisotopic (exact) mass is 257 g/mol. The zero-order valence-electron chi connectivity index (χ0n) is 11.3. The van der Waals surface area contributed by atoms with Gasteiger partial charge in [0.25, 0.3) is 0 Å². The van der Waals surface area contributed by atoms with Crippen LogP contribution in [-0.4, -0.2) is 4.57 Å². The third kappa shape index (κ3) is 2.25. The van der Waals surface area contributed by atoms with Gasteiger partial charge in [0, 0.05) is 12.7 Å². The molecule has 0 bridgehead atoms. The number of benzene rings is 1. The second kappa shape index (κ2) is 4.72. The van der Waals surface area contributed by atoms with Crippen molar-refractivity contribution in [3.8, 4) is 0 Å². The minimum Gasteiger partial charge on any atom is -0.416 e. The quantitative estimate of drug-likeness (QED) is 0.842. The molecule has 3 nitrogen and oxygen atoms in total. The summed E-state index contributed by atoms with van der Waals surface area (Å²) in [4.78, 5) is 11.4. The second-order valence-corrected chi connectivity index (χ2v) is 5.61. The first-order valence-corrected chi connectivity index (χ1v) is 6.91. The predicted molar refractivity (Wildman–Crippen MR) is 74.3 cm³/mol. The summed E-state index contributed by atoms with van der Waals surface area (Å²) >= 11 is 0. The van der Waals surface area contributed by atoms with Crippen molar-refractivity contribution in [1.82, 2.24) is 4.57 Å². The first kappa shape index (κ1) is 12.3. The van der Waals surface area contributed by atoms with Gasteiger partial charge in [-0.15, -0.1) is 0 Å². The molecule has 3 rings (SSSR count). The number of nitrogens with zero attached hydrogens (tertiary/aromatic N) is 1. The van der Waals surface area contributed by atoms with Crippen LogP contribution < -0.4 is 5.76 Å². The molecule has 0 N–H and O–H groups in total. The summed E-state index contributed by atoms with van der Waals surface area (Å²) < 4.78 is 6.47. The summed E-state index contributed by atoms with van der Waals surface area (Å²) in [6.07, 6.45) is 7.93. The fraction of sp³-hybridized carbons (Fsp3) is 0.438. The van der Waals surface area contributed by atoms with Gasteiger partial charge in [-0.05, 0) is 37.2 Å².